The van der Waals surface area contributed by atoms with Gasteiger partial charge in [0, 0.05) is 5.02 Å². The summed E-state index contributed by atoms with van der Waals surface area (Å²) >= 11 is 13.0. The zero-order valence-electron chi connectivity index (χ0n) is 13.3. The Morgan fingerprint density at radius 2 is 2.00 bits per heavy atom. The highest BCUT2D eigenvalue weighted by molar-refractivity contribution is 7.16. The first-order chi connectivity index (χ1) is 12.4. The fourth-order valence-corrected chi connectivity index (χ4v) is 3.83. The molecule has 0 saturated carbocycles. The number of nitrogens with zero attached hydrogens (tertiary/aromatic N) is 2. The van der Waals surface area contributed by atoms with Crippen molar-refractivity contribution in [3.05, 3.63) is 62.6 Å². The molecular formula is C17H11Cl2FN2O3S. The van der Waals surface area contributed by atoms with E-state index in [0.717, 1.165) is 11.3 Å². The van der Waals surface area contributed by atoms with Gasteiger partial charge in [0.15, 0.2) is 4.80 Å². The number of amides is 1. The van der Waals surface area contributed by atoms with Gasteiger partial charge >= 0.3 is 5.97 Å². The average molecular weight is 413 g/mol. The van der Waals surface area contributed by atoms with Gasteiger partial charge in [0.25, 0.3) is 5.91 Å². The molecule has 1 aromatic heterocycles. The number of thiazole rings is 1. The van der Waals surface area contributed by atoms with Crippen LogP contribution in [0.5, 0.6) is 0 Å². The summed E-state index contributed by atoms with van der Waals surface area (Å²) in [6.45, 7) is -0.164. The van der Waals surface area contributed by atoms with Crippen molar-refractivity contribution in [1.29, 1.82) is 0 Å². The quantitative estimate of drug-likeness (QED) is 0.609. The predicted octanol–water partition coefficient (Wildman–Crippen LogP) is 4.06. The van der Waals surface area contributed by atoms with E-state index in [9.17, 15) is 14.0 Å². The summed E-state index contributed by atoms with van der Waals surface area (Å²) in [5, 5.41) is 0.558. The van der Waals surface area contributed by atoms with E-state index in [1.165, 1.54) is 48.1 Å². The molecule has 3 aromatic rings. The van der Waals surface area contributed by atoms with E-state index < -0.39 is 17.7 Å². The summed E-state index contributed by atoms with van der Waals surface area (Å²) in [5.41, 5.74) is 0.736. The standard InChI is InChI=1S/C17H11Cl2FN2O3S/c1-25-15(23)8-22-13-5-3-10(20)7-14(13)26-17(22)21-16(24)11-4-2-9(18)6-12(11)19/h2-7H,8H2,1H3. The molecule has 1 heterocycles. The number of ether oxygens (including phenoxy) is 1. The number of halogens is 3. The maximum atomic E-state index is 13.5. The second-order valence-electron chi connectivity index (χ2n) is 5.20. The maximum absolute atomic E-state index is 13.5. The van der Waals surface area contributed by atoms with E-state index in [0.29, 0.717) is 15.2 Å². The van der Waals surface area contributed by atoms with Crippen molar-refractivity contribution < 1.29 is 18.7 Å². The van der Waals surface area contributed by atoms with Gasteiger partial charge in [-0.15, -0.1) is 0 Å². The van der Waals surface area contributed by atoms with Gasteiger partial charge in [-0.05, 0) is 36.4 Å². The molecule has 0 N–H and O–H groups in total. The number of aromatic nitrogens is 1. The SMILES string of the molecule is COC(=O)Cn1c(=NC(=O)c2ccc(Cl)cc2Cl)sc2cc(F)ccc21. The van der Waals surface area contributed by atoms with Gasteiger partial charge in [-0.2, -0.15) is 4.99 Å². The van der Waals surface area contributed by atoms with Crippen LogP contribution < -0.4 is 4.80 Å². The molecular weight excluding hydrogens is 402 g/mol. The number of esters is 1. The molecule has 0 atom stereocenters. The monoisotopic (exact) mass is 412 g/mol. The Balaban J connectivity index is 2.15. The van der Waals surface area contributed by atoms with E-state index in [2.05, 4.69) is 9.73 Å². The van der Waals surface area contributed by atoms with E-state index in [1.807, 2.05) is 0 Å². The zero-order chi connectivity index (χ0) is 18.8. The number of hydrogen-bond donors (Lipinski definition) is 0. The molecule has 5 nitrogen and oxygen atoms in total. The Morgan fingerprint density at radius 1 is 1.23 bits per heavy atom. The molecule has 0 fully saturated rings. The minimum absolute atomic E-state index is 0.164. The average Bonchev–Trinajstić information content (AvgIpc) is 2.90. The second-order valence-corrected chi connectivity index (χ2v) is 7.05. The van der Waals surface area contributed by atoms with Crippen molar-refractivity contribution in [1.82, 2.24) is 4.57 Å². The van der Waals surface area contributed by atoms with Crippen molar-refractivity contribution in [3.63, 3.8) is 0 Å². The van der Waals surface area contributed by atoms with Crippen molar-refractivity contribution >= 4 is 56.6 Å². The van der Waals surface area contributed by atoms with Crippen LogP contribution >= 0.6 is 34.5 Å². The highest BCUT2D eigenvalue weighted by Crippen LogP contribution is 2.22. The lowest BCUT2D eigenvalue weighted by molar-refractivity contribution is -0.141. The molecule has 0 unspecified atom stereocenters. The van der Waals surface area contributed by atoms with Crippen LogP contribution in [0.25, 0.3) is 10.2 Å². The smallest absolute Gasteiger partial charge is 0.325 e. The van der Waals surface area contributed by atoms with Gasteiger partial charge in [0.2, 0.25) is 0 Å². The Bertz CT molecular complexity index is 1090. The van der Waals surface area contributed by atoms with Gasteiger partial charge < -0.3 is 9.30 Å². The van der Waals surface area contributed by atoms with Gasteiger partial charge in [-0.25, -0.2) is 4.39 Å². The van der Waals surface area contributed by atoms with E-state index in [1.54, 1.807) is 0 Å². The lowest BCUT2D eigenvalue weighted by atomic mass is 10.2. The Morgan fingerprint density at radius 3 is 2.69 bits per heavy atom. The topological polar surface area (TPSA) is 60.7 Å². The van der Waals surface area contributed by atoms with Crippen molar-refractivity contribution in [2.45, 2.75) is 6.54 Å². The molecule has 0 aliphatic carbocycles. The van der Waals surface area contributed by atoms with Crippen LogP contribution in [0.2, 0.25) is 10.0 Å². The highest BCUT2D eigenvalue weighted by Gasteiger charge is 2.14. The molecule has 0 spiro atoms. The minimum atomic E-state index is -0.600. The molecule has 0 aliphatic rings. The van der Waals surface area contributed by atoms with Gasteiger partial charge in [0.05, 0.1) is 27.9 Å². The number of carbonyl (C=O) groups excluding carboxylic acids is 2. The molecule has 0 radical (unpaired) electrons. The lowest BCUT2D eigenvalue weighted by Gasteiger charge is -2.04. The van der Waals surface area contributed by atoms with Crippen LogP contribution in [-0.2, 0) is 16.1 Å². The summed E-state index contributed by atoms with van der Waals surface area (Å²) in [6.07, 6.45) is 0. The number of carbonyl (C=O) groups is 2. The van der Waals surface area contributed by atoms with Crippen LogP contribution in [0.4, 0.5) is 4.39 Å². The van der Waals surface area contributed by atoms with Crippen LogP contribution in [-0.4, -0.2) is 23.6 Å². The lowest BCUT2D eigenvalue weighted by Crippen LogP contribution is -2.22. The van der Waals surface area contributed by atoms with E-state index >= 15 is 0 Å². The third kappa shape index (κ3) is 3.80. The van der Waals surface area contributed by atoms with Crippen molar-refractivity contribution in [2.75, 3.05) is 7.11 Å². The highest BCUT2D eigenvalue weighted by atomic mass is 35.5. The summed E-state index contributed by atoms with van der Waals surface area (Å²) in [6, 6.07) is 8.53. The van der Waals surface area contributed by atoms with Crippen LogP contribution in [0, 0.1) is 5.82 Å². The predicted molar refractivity (Wildman–Crippen MR) is 98.1 cm³/mol. The summed E-state index contributed by atoms with van der Waals surface area (Å²) in [5.74, 6) is -1.55. The van der Waals surface area contributed by atoms with Crippen molar-refractivity contribution in [3.8, 4) is 0 Å². The normalized spacial score (nSPS) is 11.8. The van der Waals surface area contributed by atoms with Gasteiger partial charge in [0.1, 0.15) is 12.4 Å². The first-order valence-corrected chi connectivity index (χ1v) is 8.86. The fourth-order valence-electron chi connectivity index (χ4n) is 2.29. The molecule has 26 heavy (non-hydrogen) atoms. The second kappa shape index (κ2) is 7.57. The molecule has 0 aliphatic heterocycles. The molecule has 2 aromatic carbocycles. The minimum Gasteiger partial charge on any atom is -0.468 e. The Kier molecular flexibility index (Phi) is 5.41. The summed E-state index contributed by atoms with van der Waals surface area (Å²) in [7, 11) is 1.26. The van der Waals surface area contributed by atoms with Crippen molar-refractivity contribution in [2.24, 2.45) is 4.99 Å². The van der Waals surface area contributed by atoms with Crippen LogP contribution in [0.15, 0.2) is 41.4 Å². The number of hydrogen-bond acceptors (Lipinski definition) is 4. The number of benzene rings is 2. The molecule has 0 bridgehead atoms. The largest absolute Gasteiger partial charge is 0.468 e. The third-order valence-electron chi connectivity index (χ3n) is 3.52. The molecule has 3 rings (SSSR count). The molecule has 134 valence electrons. The fraction of sp³-hybridized carbons (Fsp3) is 0.118. The Hall–Kier alpha value is -2.22. The Labute approximate surface area is 161 Å². The van der Waals surface area contributed by atoms with Crippen LogP contribution in [0.3, 0.4) is 0 Å². The number of rotatable bonds is 3. The number of methoxy groups -OCH3 is 1. The molecule has 9 heteroatoms. The maximum Gasteiger partial charge on any atom is 0.325 e. The third-order valence-corrected chi connectivity index (χ3v) is 5.11. The molecule has 1 amide bonds. The summed E-state index contributed by atoms with van der Waals surface area (Å²) in [4.78, 5) is 28.5. The first kappa shape index (κ1) is 18.6. The molecule has 0 saturated heterocycles. The first-order valence-electron chi connectivity index (χ1n) is 7.29. The number of fused-ring (bicyclic) bond motifs is 1. The zero-order valence-corrected chi connectivity index (χ0v) is 15.7. The summed E-state index contributed by atoms with van der Waals surface area (Å²) < 4.78 is 20.2. The van der Waals surface area contributed by atoms with E-state index in [4.69, 9.17) is 23.2 Å². The van der Waals surface area contributed by atoms with E-state index in [-0.39, 0.29) is 21.9 Å². The van der Waals surface area contributed by atoms with Gasteiger partial charge in [-0.1, -0.05) is 34.5 Å². The van der Waals surface area contributed by atoms with Crippen LogP contribution in [0.1, 0.15) is 10.4 Å². The van der Waals surface area contributed by atoms with Gasteiger partial charge in [-0.3, -0.25) is 9.59 Å².